The number of hydrogen-bond donors (Lipinski definition) is 1. The van der Waals surface area contributed by atoms with Gasteiger partial charge < -0.3 is 15.0 Å². The zero-order chi connectivity index (χ0) is 18.9. The van der Waals surface area contributed by atoms with E-state index in [1.807, 2.05) is 11.5 Å². The molecular weight excluding hydrogens is 337 g/mol. The van der Waals surface area contributed by atoms with E-state index in [0.29, 0.717) is 11.6 Å². The van der Waals surface area contributed by atoms with Gasteiger partial charge in [-0.05, 0) is 38.1 Å². The number of aromatic nitrogens is 1. The Balaban J connectivity index is 2.10. The molecule has 25 heavy (non-hydrogen) atoms. The summed E-state index contributed by atoms with van der Waals surface area (Å²) in [5.41, 5.74) is 5.97. The molecule has 8 heteroatoms. The normalized spacial score (nSPS) is 11.4. The van der Waals surface area contributed by atoms with Crippen molar-refractivity contribution in [1.82, 2.24) is 4.57 Å². The molecular formula is C17H17F3N2O3. The van der Waals surface area contributed by atoms with Crippen LogP contribution >= 0.6 is 0 Å². The second kappa shape index (κ2) is 6.62. The number of ketones is 1. The first-order valence-corrected chi connectivity index (χ1v) is 7.32. The summed E-state index contributed by atoms with van der Waals surface area (Å²) in [7, 11) is 1.80. The van der Waals surface area contributed by atoms with Gasteiger partial charge in [-0.3, -0.25) is 4.79 Å². The van der Waals surface area contributed by atoms with Crippen molar-refractivity contribution in [2.45, 2.75) is 20.0 Å². The number of carbonyl (C=O) groups is 2. The number of aryl methyl sites for hydroxylation is 1. The number of Topliss-reactive ketones (excluding diaryl/α,β-unsaturated/α-hetero) is 1. The van der Waals surface area contributed by atoms with E-state index in [2.05, 4.69) is 0 Å². The highest BCUT2D eigenvalue weighted by molar-refractivity contribution is 6.01. The van der Waals surface area contributed by atoms with Crippen molar-refractivity contribution in [3.8, 4) is 0 Å². The van der Waals surface area contributed by atoms with Crippen molar-refractivity contribution < 1.29 is 27.5 Å². The number of nitrogens with two attached hydrogens (primary N) is 1. The molecule has 0 unspecified atom stereocenters. The first kappa shape index (κ1) is 18.6. The Morgan fingerprint density at radius 1 is 1.16 bits per heavy atom. The van der Waals surface area contributed by atoms with E-state index < -0.39 is 30.1 Å². The fourth-order valence-electron chi connectivity index (χ4n) is 2.35. The molecule has 2 aromatic rings. The van der Waals surface area contributed by atoms with Gasteiger partial charge in [0.1, 0.15) is 0 Å². The summed E-state index contributed by atoms with van der Waals surface area (Å²) in [4.78, 5) is 24.1. The van der Waals surface area contributed by atoms with E-state index in [-0.39, 0.29) is 11.3 Å². The largest absolute Gasteiger partial charge is 0.454 e. The number of anilines is 1. The Morgan fingerprint density at radius 2 is 1.80 bits per heavy atom. The molecule has 0 saturated carbocycles. The first-order chi connectivity index (χ1) is 11.5. The molecule has 0 radical (unpaired) electrons. The highest BCUT2D eigenvalue weighted by Gasteiger charge is 2.31. The predicted molar refractivity (Wildman–Crippen MR) is 85.4 cm³/mol. The van der Waals surface area contributed by atoms with Crippen molar-refractivity contribution in [2.24, 2.45) is 7.05 Å². The van der Waals surface area contributed by atoms with E-state index in [1.165, 1.54) is 0 Å². The van der Waals surface area contributed by atoms with Crippen LogP contribution in [-0.2, 0) is 18.0 Å². The van der Waals surface area contributed by atoms with Crippen LogP contribution in [0, 0.1) is 13.8 Å². The van der Waals surface area contributed by atoms with E-state index >= 15 is 0 Å². The van der Waals surface area contributed by atoms with Gasteiger partial charge in [0.15, 0.2) is 6.61 Å². The Hall–Kier alpha value is -2.77. The lowest BCUT2D eigenvalue weighted by Gasteiger charge is -2.10. The van der Waals surface area contributed by atoms with Crippen molar-refractivity contribution in [3.63, 3.8) is 0 Å². The number of nitrogens with zero attached hydrogens (tertiary/aromatic N) is 1. The van der Waals surface area contributed by atoms with Crippen LogP contribution in [0.25, 0.3) is 0 Å². The summed E-state index contributed by atoms with van der Waals surface area (Å²) in [6, 6.07) is 4.00. The molecule has 2 N–H and O–H groups in total. The number of nitrogen functional groups attached to an aromatic ring is 1. The number of esters is 1. The predicted octanol–water partition coefficient (Wildman–Crippen LogP) is 3.28. The van der Waals surface area contributed by atoms with Crippen LogP contribution in [0.3, 0.4) is 0 Å². The Morgan fingerprint density at radius 3 is 2.28 bits per heavy atom. The van der Waals surface area contributed by atoms with Crippen molar-refractivity contribution in [3.05, 3.63) is 52.3 Å². The Bertz CT molecular complexity index is 838. The molecule has 0 spiro atoms. The zero-order valence-corrected chi connectivity index (χ0v) is 13.9. The van der Waals surface area contributed by atoms with Crippen LogP contribution in [-0.4, -0.2) is 22.9 Å². The molecule has 2 rings (SSSR count). The summed E-state index contributed by atoms with van der Waals surface area (Å²) in [6.07, 6.45) is -4.56. The maximum Gasteiger partial charge on any atom is 0.416 e. The third-order valence-corrected chi connectivity index (χ3v) is 4.01. The summed E-state index contributed by atoms with van der Waals surface area (Å²) in [6.45, 7) is 3.07. The van der Waals surface area contributed by atoms with Crippen LogP contribution in [0.2, 0.25) is 0 Å². The highest BCUT2D eigenvalue weighted by Crippen LogP contribution is 2.31. The molecule has 5 nitrogen and oxygen atoms in total. The van der Waals surface area contributed by atoms with Crippen molar-refractivity contribution >= 4 is 17.4 Å². The standard InChI is InChI=1S/C17H17F3N2O3/c1-9-6-13(10(2)22(9)3)15(23)8-25-16(24)12-5-4-11(7-14(12)21)17(18,19)20/h4-7H,8,21H2,1-3H3. The number of rotatable bonds is 4. The molecule has 134 valence electrons. The molecule has 0 bridgehead atoms. The zero-order valence-electron chi connectivity index (χ0n) is 13.9. The molecule has 0 aliphatic heterocycles. The highest BCUT2D eigenvalue weighted by atomic mass is 19.4. The summed E-state index contributed by atoms with van der Waals surface area (Å²) >= 11 is 0. The number of benzene rings is 1. The van der Waals surface area contributed by atoms with Crippen molar-refractivity contribution in [1.29, 1.82) is 0 Å². The lowest BCUT2D eigenvalue weighted by molar-refractivity contribution is -0.137. The molecule has 0 amide bonds. The first-order valence-electron chi connectivity index (χ1n) is 7.32. The topological polar surface area (TPSA) is 74.3 Å². The van der Waals surface area contributed by atoms with Gasteiger partial charge in [0.05, 0.1) is 11.1 Å². The monoisotopic (exact) mass is 354 g/mol. The summed E-state index contributed by atoms with van der Waals surface area (Å²) < 4.78 is 44.5. The minimum absolute atomic E-state index is 0.221. The summed E-state index contributed by atoms with van der Waals surface area (Å²) in [5, 5.41) is 0. The molecule has 1 aromatic heterocycles. The van der Waals surface area contributed by atoms with E-state index in [4.69, 9.17) is 10.5 Å². The van der Waals surface area contributed by atoms with Gasteiger partial charge in [-0.1, -0.05) is 0 Å². The molecule has 1 aromatic carbocycles. The minimum Gasteiger partial charge on any atom is -0.454 e. The maximum absolute atomic E-state index is 12.6. The molecule has 0 aliphatic rings. The van der Waals surface area contributed by atoms with E-state index in [1.54, 1.807) is 20.0 Å². The smallest absolute Gasteiger partial charge is 0.416 e. The third kappa shape index (κ3) is 3.84. The van der Waals surface area contributed by atoms with E-state index in [0.717, 1.165) is 23.5 Å². The lowest BCUT2D eigenvalue weighted by Crippen LogP contribution is -2.16. The fourth-order valence-corrected chi connectivity index (χ4v) is 2.35. The van der Waals surface area contributed by atoms with Gasteiger partial charge >= 0.3 is 12.1 Å². The molecule has 0 aliphatic carbocycles. The van der Waals surface area contributed by atoms with Crippen molar-refractivity contribution in [2.75, 3.05) is 12.3 Å². The molecule has 0 fully saturated rings. The number of ether oxygens (including phenoxy) is 1. The van der Waals surface area contributed by atoms with Crippen LogP contribution in [0.15, 0.2) is 24.3 Å². The average molecular weight is 354 g/mol. The Kier molecular flexibility index (Phi) is 4.92. The maximum atomic E-state index is 12.6. The minimum atomic E-state index is -4.56. The number of hydrogen-bond acceptors (Lipinski definition) is 4. The molecule has 0 saturated heterocycles. The fraction of sp³-hybridized carbons (Fsp3) is 0.294. The van der Waals surface area contributed by atoms with Crippen LogP contribution in [0.4, 0.5) is 18.9 Å². The van der Waals surface area contributed by atoms with Crippen LogP contribution < -0.4 is 5.73 Å². The number of alkyl halides is 3. The number of halogens is 3. The van der Waals surface area contributed by atoms with Gasteiger partial charge in [0.25, 0.3) is 0 Å². The Labute approximate surface area is 142 Å². The number of carbonyl (C=O) groups excluding carboxylic acids is 2. The average Bonchev–Trinajstić information content (AvgIpc) is 2.79. The third-order valence-electron chi connectivity index (χ3n) is 4.01. The van der Waals surface area contributed by atoms with Crippen LogP contribution in [0.5, 0.6) is 0 Å². The SMILES string of the molecule is Cc1cc(C(=O)COC(=O)c2ccc(C(F)(F)F)cc2N)c(C)n1C. The van der Waals surface area contributed by atoms with Gasteiger partial charge in [0, 0.05) is 29.7 Å². The van der Waals surface area contributed by atoms with Gasteiger partial charge in [-0.2, -0.15) is 13.2 Å². The quantitative estimate of drug-likeness (QED) is 0.519. The van der Waals surface area contributed by atoms with E-state index in [9.17, 15) is 22.8 Å². The van der Waals surface area contributed by atoms with Gasteiger partial charge in [-0.15, -0.1) is 0 Å². The molecule has 1 heterocycles. The second-order valence-electron chi connectivity index (χ2n) is 5.64. The van der Waals surface area contributed by atoms with Gasteiger partial charge in [0.2, 0.25) is 5.78 Å². The second-order valence-corrected chi connectivity index (χ2v) is 5.64. The molecule has 0 atom stereocenters. The van der Waals surface area contributed by atoms with Gasteiger partial charge in [-0.25, -0.2) is 4.79 Å². The summed E-state index contributed by atoms with van der Waals surface area (Å²) in [5.74, 6) is -1.36. The van der Waals surface area contributed by atoms with Crippen LogP contribution in [0.1, 0.15) is 37.7 Å². The lowest BCUT2D eigenvalue weighted by atomic mass is 10.1.